The molecule has 1 aliphatic heterocycles. The highest BCUT2D eigenvalue weighted by molar-refractivity contribution is 5.89. The average Bonchev–Trinajstić information content (AvgIpc) is 3.01. The maximum Gasteiger partial charge on any atom is 0.337 e. The van der Waals surface area contributed by atoms with Crippen molar-refractivity contribution in [1.82, 2.24) is 9.55 Å². The van der Waals surface area contributed by atoms with Crippen LogP contribution in [0.15, 0.2) is 47.9 Å². The molecular weight excluding hydrogens is 278 g/mol. The van der Waals surface area contributed by atoms with Gasteiger partial charge in [0.1, 0.15) is 0 Å². The SMILES string of the molecule is COC(=O)c1ccc([C@@H]2C=C(c3cn(C)cn3)CC=N2)cc1. The Morgan fingerprint density at radius 2 is 2.09 bits per heavy atom. The standard InChI is InChI=1S/C17H17N3O2/c1-20-10-16(19-11-20)14-7-8-18-15(9-14)12-3-5-13(6-4-12)17(21)22-2/h3-6,8-11,15H,7H2,1-2H3/t15-/m0/s1. The molecule has 1 aromatic heterocycles. The zero-order chi connectivity index (χ0) is 15.5. The Bertz CT molecular complexity index is 742. The van der Waals surface area contributed by atoms with Gasteiger partial charge in [0, 0.05) is 25.9 Å². The highest BCUT2D eigenvalue weighted by Crippen LogP contribution is 2.28. The van der Waals surface area contributed by atoms with E-state index in [0.717, 1.165) is 23.3 Å². The van der Waals surface area contributed by atoms with E-state index >= 15 is 0 Å². The van der Waals surface area contributed by atoms with Gasteiger partial charge in [0.05, 0.1) is 30.7 Å². The number of aryl methyl sites for hydroxylation is 1. The Kier molecular flexibility index (Phi) is 3.87. The quantitative estimate of drug-likeness (QED) is 0.818. The number of imidazole rings is 1. The van der Waals surface area contributed by atoms with Gasteiger partial charge in [-0.15, -0.1) is 0 Å². The molecule has 1 aliphatic rings. The van der Waals surface area contributed by atoms with Gasteiger partial charge in [0.25, 0.3) is 0 Å². The lowest BCUT2D eigenvalue weighted by Gasteiger charge is -2.15. The number of hydrogen-bond donors (Lipinski definition) is 0. The molecule has 1 atom stereocenters. The number of esters is 1. The summed E-state index contributed by atoms with van der Waals surface area (Å²) >= 11 is 0. The lowest BCUT2D eigenvalue weighted by Crippen LogP contribution is -2.03. The number of allylic oxidation sites excluding steroid dienone is 1. The van der Waals surface area contributed by atoms with Crippen LogP contribution in [0.2, 0.25) is 0 Å². The number of nitrogens with zero attached hydrogens (tertiary/aromatic N) is 3. The van der Waals surface area contributed by atoms with Crippen molar-refractivity contribution in [2.45, 2.75) is 12.5 Å². The summed E-state index contributed by atoms with van der Waals surface area (Å²) in [6.45, 7) is 0. The Balaban J connectivity index is 1.85. The minimum atomic E-state index is -0.330. The lowest BCUT2D eigenvalue weighted by atomic mass is 9.98. The molecule has 0 amide bonds. The van der Waals surface area contributed by atoms with Gasteiger partial charge in [-0.3, -0.25) is 4.99 Å². The Hall–Kier alpha value is -2.69. The number of rotatable bonds is 3. The van der Waals surface area contributed by atoms with E-state index in [1.165, 1.54) is 7.11 Å². The number of carbonyl (C=O) groups is 1. The van der Waals surface area contributed by atoms with Crippen LogP contribution in [0.1, 0.15) is 34.1 Å². The van der Waals surface area contributed by atoms with Crippen molar-refractivity contribution in [1.29, 1.82) is 0 Å². The Morgan fingerprint density at radius 3 is 2.73 bits per heavy atom. The molecule has 0 unspecified atom stereocenters. The summed E-state index contributed by atoms with van der Waals surface area (Å²) in [7, 11) is 3.33. The van der Waals surface area contributed by atoms with Crippen molar-refractivity contribution >= 4 is 17.8 Å². The summed E-state index contributed by atoms with van der Waals surface area (Å²) in [5, 5.41) is 0. The van der Waals surface area contributed by atoms with E-state index in [1.807, 2.05) is 36.2 Å². The molecule has 2 aromatic rings. The topological polar surface area (TPSA) is 56.5 Å². The predicted molar refractivity (Wildman–Crippen MR) is 84.8 cm³/mol. The van der Waals surface area contributed by atoms with E-state index in [9.17, 15) is 4.79 Å². The first-order valence-corrected chi connectivity index (χ1v) is 7.06. The van der Waals surface area contributed by atoms with Gasteiger partial charge < -0.3 is 9.30 Å². The summed E-state index contributed by atoms with van der Waals surface area (Å²) in [5.41, 5.74) is 3.72. The molecule has 5 nitrogen and oxygen atoms in total. The molecule has 22 heavy (non-hydrogen) atoms. The number of methoxy groups -OCH3 is 1. The van der Waals surface area contributed by atoms with Crippen LogP contribution in [-0.2, 0) is 11.8 Å². The largest absolute Gasteiger partial charge is 0.465 e. The van der Waals surface area contributed by atoms with Gasteiger partial charge in [-0.1, -0.05) is 12.1 Å². The number of ether oxygens (including phenoxy) is 1. The molecule has 0 aliphatic carbocycles. The van der Waals surface area contributed by atoms with E-state index in [-0.39, 0.29) is 12.0 Å². The fraction of sp³-hybridized carbons (Fsp3) is 0.235. The molecule has 0 bridgehead atoms. The second-order valence-corrected chi connectivity index (χ2v) is 5.21. The van der Waals surface area contributed by atoms with E-state index < -0.39 is 0 Å². The van der Waals surface area contributed by atoms with Crippen LogP contribution in [0.5, 0.6) is 0 Å². The van der Waals surface area contributed by atoms with Crippen LogP contribution in [0.3, 0.4) is 0 Å². The number of carbonyl (C=O) groups excluding carboxylic acids is 1. The lowest BCUT2D eigenvalue weighted by molar-refractivity contribution is 0.0600. The number of benzene rings is 1. The molecule has 1 aromatic carbocycles. The van der Waals surface area contributed by atoms with Crippen LogP contribution < -0.4 is 0 Å². The molecule has 112 valence electrons. The first-order valence-electron chi connectivity index (χ1n) is 7.06. The van der Waals surface area contributed by atoms with Crippen LogP contribution in [-0.4, -0.2) is 28.8 Å². The number of aliphatic imine (C=N–C) groups is 1. The van der Waals surface area contributed by atoms with Gasteiger partial charge >= 0.3 is 5.97 Å². The number of dihydropyridines is 1. The normalized spacial score (nSPS) is 17.2. The maximum atomic E-state index is 11.5. The van der Waals surface area contributed by atoms with E-state index in [2.05, 4.69) is 16.1 Å². The second-order valence-electron chi connectivity index (χ2n) is 5.21. The van der Waals surface area contributed by atoms with Crippen molar-refractivity contribution in [3.63, 3.8) is 0 Å². The molecule has 0 spiro atoms. The molecule has 0 radical (unpaired) electrons. The molecule has 3 rings (SSSR count). The van der Waals surface area contributed by atoms with Crippen LogP contribution in [0, 0.1) is 0 Å². The third-order valence-corrected chi connectivity index (χ3v) is 3.64. The first kappa shape index (κ1) is 14.3. The monoisotopic (exact) mass is 295 g/mol. The van der Waals surface area contributed by atoms with Crippen LogP contribution in [0.25, 0.3) is 5.57 Å². The summed E-state index contributed by atoms with van der Waals surface area (Å²) in [6.07, 6.45) is 8.62. The summed E-state index contributed by atoms with van der Waals surface area (Å²) in [4.78, 5) is 20.4. The van der Waals surface area contributed by atoms with Gasteiger partial charge in [-0.25, -0.2) is 9.78 Å². The van der Waals surface area contributed by atoms with Crippen LogP contribution in [0.4, 0.5) is 0 Å². The van der Waals surface area contributed by atoms with Gasteiger partial charge in [0.2, 0.25) is 0 Å². The fourth-order valence-corrected chi connectivity index (χ4v) is 2.45. The molecule has 0 saturated carbocycles. The van der Waals surface area contributed by atoms with E-state index in [0.29, 0.717) is 5.56 Å². The molecule has 5 heteroatoms. The molecule has 0 saturated heterocycles. The predicted octanol–water partition coefficient (Wildman–Crippen LogP) is 2.81. The third-order valence-electron chi connectivity index (χ3n) is 3.64. The van der Waals surface area contributed by atoms with Crippen molar-refractivity contribution in [3.05, 3.63) is 59.7 Å². The smallest absolute Gasteiger partial charge is 0.337 e. The maximum absolute atomic E-state index is 11.5. The van der Waals surface area contributed by atoms with E-state index in [4.69, 9.17) is 4.74 Å². The van der Waals surface area contributed by atoms with Crippen LogP contribution >= 0.6 is 0 Å². The van der Waals surface area contributed by atoms with Gasteiger partial charge in [-0.2, -0.15) is 0 Å². The highest BCUT2D eigenvalue weighted by atomic mass is 16.5. The average molecular weight is 295 g/mol. The Morgan fingerprint density at radius 1 is 1.32 bits per heavy atom. The van der Waals surface area contributed by atoms with Crippen molar-refractivity contribution in [3.8, 4) is 0 Å². The third kappa shape index (κ3) is 2.83. The summed E-state index contributed by atoms with van der Waals surface area (Å²) in [6, 6.07) is 7.30. The van der Waals surface area contributed by atoms with Crippen molar-refractivity contribution in [2.24, 2.45) is 12.0 Å². The zero-order valence-corrected chi connectivity index (χ0v) is 12.6. The number of aromatic nitrogens is 2. The van der Waals surface area contributed by atoms with E-state index in [1.54, 1.807) is 18.5 Å². The van der Waals surface area contributed by atoms with Crippen molar-refractivity contribution in [2.75, 3.05) is 7.11 Å². The minimum Gasteiger partial charge on any atom is -0.465 e. The second kappa shape index (κ2) is 5.97. The van der Waals surface area contributed by atoms with Gasteiger partial charge in [-0.05, 0) is 29.3 Å². The number of hydrogen-bond acceptors (Lipinski definition) is 4. The summed E-state index contributed by atoms with van der Waals surface area (Å²) in [5.74, 6) is -0.330. The highest BCUT2D eigenvalue weighted by Gasteiger charge is 2.15. The minimum absolute atomic E-state index is 0.0440. The van der Waals surface area contributed by atoms with Crippen molar-refractivity contribution < 1.29 is 9.53 Å². The molecular formula is C17H17N3O2. The fourth-order valence-electron chi connectivity index (χ4n) is 2.45. The molecule has 0 fully saturated rings. The molecule has 0 N–H and O–H groups in total. The molecule has 2 heterocycles. The summed E-state index contributed by atoms with van der Waals surface area (Å²) < 4.78 is 6.64. The Labute approximate surface area is 129 Å². The first-order chi connectivity index (χ1) is 10.7. The zero-order valence-electron chi connectivity index (χ0n) is 12.6. The van der Waals surface area contributed by atoms with Gasteiger partial charge in [0.15, 0.2) is 0 Å².